The van der Waals surface area contributed by atoms with Crippen molar-refractivity contribution in [1.82, 2.24) is 0 Å². The molecule has 0 aromatic rings. The largest absolute Gasteiger partial charge is 0.381 e. The summed E-state index contributed by atoms with van der Waals surface area (Å²) in [7, 11) is 0. The number of hydrogen-bond donors (Lipinski definition) is 0. The van der Waals surface area contributed by atoms with E-state index in [1.54, 1.807) is 0 Å². The van der Waals surface area contributed by atoms with Crippen molar-refractivity contribution in [3.05, 3.63) is 0 Å². The molecule has 1 heterocycles. The fourth-order valence-corrected chi connectivity index (χ4v) is 2.58. The molecule has 1 aliphatic carbocycles. The monoisotopic (exact) mass is 242 g/mol. The van der Waals surface area contributed by atoms with Gasteiger partial charge in [-0.05, 0) is 12.8 Å². The van der Waals surface area contributed by atoms with Gasteiger partial charge in [-0.15, -0.1) is 0 Å². The van der Waals surface area contributed by atoms with Crippen molar-refractivity contribution in [3.8, 4) is 0 Å². The van der Waals surface area contributed by atoms with E-state index in [0.717, 1.165) is 39.1 Å². The summed E-state index contributed by atoms with van der Waals surface area (Å²) in [5, 5.41) is 0. The normalized spacial score (nSPS) is 34.9. The van der Waals surface area contributed by atoms with Gasteiger partial charge in [0.15, 0.2) is 0 Å². The summed E-state index contributed by atoms with van der Waals surface area (Å²) in [6.45, 7) is 6.98. The van der Waals surface area contributed by atoms with Crippen LogP contribution >= 0.6 is 0 Å². The van der Waals surface area contributed by atoms with Crippen LogP contribution in [-0.2, 0) is 14.2 Å². The van der Waals surface area contributed by atoms with Gasteiger partial charge in [0.1, 0.15) is 0 Å². The molecular weight excluding hydrogens is 216 g/mol. The average molecular weight is 242 g/mol. The van der Waals surface area contributed by atoms with E-state index in [1.807, 2.05) is 0 Å². The lowest BCUT2D eigenvalue weighted by molar-refractivity contribution is -0.0357. The first-order valence-electron chi connectivity index (χ1n) is 7.21. The van der Waals surface area contributed by atoms with Crippen LogP contribution in [0.4, 0.5) is 0 Å². The molecule has 1 saturated heterocycles. The molecule has 0 aromatic carbocycles. The number of ether oxygens (including phenoxy) is 3. The van der Waals surface area contributed by atoms with Crippen molar-refractivity contribution >= 4 is 0 Å². The molecule has 0 aromatic heterocycles. The van der Waals surface area contributed by atoms with Crippen molar-refractivity contribution in [2.45, 2.75) is 64.3 Å². The van der Waals surface area contributed by atoms with Gasteiger partial charge in [0.2, 0.25) is 0 Å². The van der Waals surface area contributed by atoms with Gasteiger partial charge < -0.3 is 14.2 Å². The minimum absolute atomic E-state index is 0.381. The minimum Gasteiger partial charge on any atom is -0.381 e. The summed E-state index contributed by atoms with van der Waals surface area (Å²) < 4.78 is 17.3. The Morgan fingerprint density at radius 3 is 2.65 bits per heavy atom. The van der Waals surface area contributed by atoms with E-state index in [0.29, 0.717) is 24.2 Å². The van der Waals surface area contributed by atoms with Crippen LogP contribution < -0.4 is 0 Å². The van der Waals surface area contributed by atoms with Gasteiger partial charge in [-0.3, -0.25) is 0 Å². The topological polar surface area (TPSA) is 31.0 Å². The average Bonchev–Trinajstić information content (AvgIpc) is 3.01. The zero-order valence-corrected chi connectivity index (χ0v) is 11.2. The van der Waals surface area contributed by atoms with Crippen LogP contribution in [0.15, 0.2) is 0 Å². The molecule has 1 saturated carbocycles. The highest BCUT2D eigenvalue weighted by Crippen LogP contribution is 2.44. The second kappa shape index (κ2) is 6.72. The van der Waals surface area contributed by atoms with Gasteiger partial charge in [0.25, 0.3) is 0 Å². The maximum Gasteiger partial charge on any atom is 0.0917 e. The molecular formula is C14H26O3. The van der Waals surface area contributed by atoms with Crippen molar-refractivity contribution in [3.63, 3.8) is 0 Å². The second-order valence-corrected chi connectivity index (χ2v) is 5.23. The van der Waals surface area contributed by atoms with Gasteiger partial charge in [-0.2, -0.15) is 0 Å². The third-order valence-electron chi connectivity index (χ3n) is 3.77. The van der Waals surface area contributed by atoms with Gasteiger partial charge in [-0.25, -0.2) is 0 Å². The number of unbranched alkanes of at least 4 members (excludes halogenated alkanes) is 2. The fourth-order valence-electron chi connectivity index (χ4n) is 2.58. The summed E-state index contributed by atoms with van der Waals surface area (Å²) >= 11 is 0. The van der Waals surface area contributed by atoms with Crippen molar-refractivity contribution in [1.29, 1.82) is 0 Å². The number of fused-ring (bicyclic) bond motifs is 1. The first-order chi connectivity index (χ1) is 8.36. The minimum atomic E-state index is 0.381. The molecule has 0 radical (unpaired) electrons. The Kier molecular flexibility index (Phi) is 5.26. The standard InChI is InChI=1S/C14H26O3/c1-3-5-7-15-10-11-12(16-8-6-4-2)9-13-14(11)17-13/h11-14H,3-10H2,1-2H3/t11-,12+,13-,14+/m1/s1. The molecule has 0 unspecified atom stereocenters. The quantitative estimate of drug-likeness (QED) is 0.460. The van der Waals surface area contributed by atoms with Gasteiger partial charge >= 0.3 is 0 Å². The van der Waals surface area contributed by atoms with Crippen LogP contribution in [0.25, 0.3) is 0 Å². The Morgan fingerprint density at radius 2 is 1.88 bits per heavy atom. The molecule has 0 amide bonds. The second-order valence-electron chi connectivity index (χ2n) is 5.23. The van der Waals surface area contributed by atoms with Crippen LogP contribution in [0.3, 0.4) is 0 Å². The Bertz CT molecular complexity index is 220. The SMILES string of the molecule is CCCCOC[C@H]1[C@@H]2O[C@@H]2C[C@@H]1OCCCC. The highest BCUT2D eigenvalue weighted by Gasteiger charge is 2.55. The molecule has 0 spiro atoms. The highest BCUT2D eigenvalue weighted by molar-refractivity contribution is 5.03. The van der Waals surface area contributed by atoms with E-state index in [1.165, 1.54) is 12.8 Å². The summed E-state index contributed by atoms with van der Waals surface area (Å²) in [6.07, 6.45) is 7.09. The van der Waals surface area contributed by atoms with Gasteiger partial charge in [0.05, 0.1) is 24.9 Å². The molecule has 2 aliphatic rings. The van der Waals surface area contributed by atoms with Crippen LogP contribution in [0, 0.1) is 5.92 Å². The molecule has 4 atom stereocenters. The predicted molar refractivity (Wildman–Crippen MR) is 67.1 cm³/mol. The smallest absolute Gasteiger partial charge is 0.0917 e. The number of rotatable bonds is 9. The van der Waals surface area contributed by atoms with E-state index in [4.69, 9.17) is 14.2 Å². The Balaban J connectivity index is 1.65. The lowest BCUT2D eigenvalue weighted by Crippen LogP contribution is -2.28. The van der Waals surface area contributed by atoms with E-state index in [2.05, 4.69) is 13.8 Å². The van der Waals surface area contributed by atoms with Crippen molar-refractivity contribution in [2.75, 3.05) is 19.8 Å². The Morgan fingerprint density at radius 1 is 1.12 bits per heavy atom. The predicted octanol–water partition coefficient (Wildman–Crippen LogP) is 2.78. The highest BCUT2D eigenvalue weighted by atomic mass is 16.6. The molecule has 2 fully saturated rings. The van der Waals surface area contributed by atoms with Crippen LogP contribution in [0.1, 0.15) is 46.0 Å². The molecule has 3 heteroatoms. The molecule has 100 valence electrons. The van der Waals surface area contributed by atoms with E-state index in [-0.39, 0.29) is 0 Å². The molecule has 3 nitrogen and oxygen atoms in total. The lowest BCUT2D eigenvalue weighted by atomic mass is 10.1. The number of hydrogen-bond acceptors (Lipinski definition) is 3. The molecule has 2 rings (SSSR count). The zero-order chi connectivity index (χ0) is 12.1. The zero-order valence-electron chi connectivity index (χ0n) is 11.2. The van der Waals surface area contributed by atoms with Crippen LogP contribution in [-0.4, -0.2) is 38.1 Å². The number of epoxide rings is 1. The van der Waals surface area contributed by atoms with Gasteiger partial charge in [-0.1, -0.05) is 26.7 Å². The fraction of sp³-hybridized carbons (Fsp3) is 1.00. The van der Waals surface area contributed by atoms with Gasteiger partial charge in [0, 0.05) is 25.6 Å². The first kappa shape index (κ1) is 13.3. The lowest BCUT2D eigenvalue weighted by Gasteiger charge is -2.22. The Labute approximate surface area is 105 Å². The maximum atomic E-state index is 5.95. The summed E-state index contributed by atoms with van der Waals surface area (Å²) in [6, 6.07) is 0. The first-order valence-corrected chi connectivity index (χ1v) is 7.21. The third kappa shape index (κ3) is 3.67. The molecule has 17 heavy (non-hydrogen) atoms. The van der Waals surface area contributed by atoms with E-state index >= 15 is 0 Å². The third-order valence-corrected chi connectivity index (χ3v) is 3.77. The van der Waals surface area contributed by atoms with Crippen molar-refractivity contribution < 1.29 is 14.2 Å². The molecule has 0 N–H and O–H groups in total. The van der Waals surface area contributed by atoms with E-state index < -0.39 is 0 Å². The van der Waals surface area contributed by atoms with Crippen molar-refractivity contribution in [2.24, 2.45) is 5.92 Å². The van der Waals surface area contributed by atoms with Crippen LogP contribution in [0.5, 0.6) is 0 Å². The summed E-state index contributed by atoms with van der Waals surface area (Å²) in [5.41, 5.74) is 0. The Hall–Kier alpha value is -0.120. The summed E-state index contributed by atoms with van der Waals surface area (Å²) in [5.74, 6) is 0.480. The van der Waals surface area contributed by atoms with E-state index in [9.17, 15) is 0 Å². The maximum absolute atomic E-state index is 5.95. The molecule has 1 aliphatic heterocycles. The van der Waals surface area contributed by atoms with Crippen LogP contribution in [0.2, 0.25) is 0 Å². The summed E-state index contributed by atoms with van der Waals surface area (Å²) in [4.78, 5) is 0. The molecule has 0 bridgehead atoms.